The fourth-order valence-electron chi connectivity index (χ4n) is 4.90. The molecule has 2 rings (SSSR count). The minimum atomic E-state index is -2.37. The molecule has 8 heteroatoms. The number of rotatable bonds is 4. The summed E-state index contributed by atoms with van der Waals surface area (Å²) in [6.07, 6.45) is 9.58. The zero-order valence-corrected chi connectivity index (χ0v) is 28.7. The van der Waals surface area contributed by atoms with Crippen LogP contribution < -0.4 is 0 Å². The van der Waals surface area contributed by atoms with E-state index in [1.54, 1.807) is 16.4 Å². The molecule has 0 aromatic carbocycles. The number of amides is 1. The zero-order chi connectivity index (χ0) is 30.5. The maximum absolute atomic E-state index is 14.1. The SMILES string of the molecule is CC(=Cc1csc(C)n1)C1C/C=C/CCCC(C)C(O)C(C)C(=O)C(C)(C)CCC(=O)N1O[Si](C)(C)C(C)(C)C. The number of aromatic nitrogens is 1. The van der Waals surface area contributed by atoms with Crippen LogP contribution in [-0.2, 0) is 14.1 Å². The van der Waals surface area contributed by atoms with Crippen molar-refractivity contribution in [2.24, 2.45) is 17.3 Å². The maximum Gasteiger partial charge on any atom is 0.245 e. The summed E-state index contributed by atoms with van der Waals surface area (Å²) < 4.78 is 6.79. The van der Waals surface area contributed by atoms with Crippen LogP contribution in [0.25, 0.3) is 6.08 Å². The zero-order valence-electron chi connectivity index (χ0n) is 26.8. The largest absolute Gasteiger partial charge is 0.392 e. The number of thiazole rings is 1. The standard InChI is InChI=1S/C32H54N2O4SSi/c1-22-16-14-12-13-15-17-27(23(2)20-26-21-39-25(4)33-26)34(38-40(10,11)31(5,6)7)28(35)18-19-32(8,9)30(37)24(3)29(22)36/h13,15,20-22,24,27,29,36H,12,14,16-19H2,1-11H3/b15-13+,23-20?. The summed E-state index contributed by atoms with van der Waals surface area (Å²) in [7, 11) is -2.37. The number of hydrogen-bond donors (Lipinski definition) is 1. The van der Waals surface area contributed by atoms with E-state index in [9.17, 15) is 14.7 Å². The lowest BCUT2D eigenvalue weighted by Crippen LogP contribution is -2.52. The van der Waals surface area contributed by atoms with Crippen LogP contribution in [0.3, 0.4) is 0 Å². The van der Waals surface area contributed by atoms with Gasteiger partial charge in [-0.25, -0.2) is 10.0 Å². The normalized spacial score (nSPS) is 27.6. The van der Waals surface area contributed by atoms with E-state index in [0.717, 1.165) is 35.5 Å². The average Bonchev–Trinajstić information content (AvgIpc) is 3.27. The van der Waals surface area contributed by atoms with Gasteiger partial charge in [-0.05, 0) is 81.7 Å². The molecule has 0 radical (unpaired) electrons. The molecule has 2 heterocycles. The maximum atomic E-state index is 14.1. The monoisotopic (exact) mass is 590 g/mol. The molecule has 40 heavy (non-hydrogen) atoms. The van der Waals surface area contributed by atoms with Crippen molar-refractivity contribution < 1.29 is 19.2 Å². The van der Waals surface area contributed by atoms with Gasteiger partial charge < -0.3 is 9.63 Å². The molecule has 1 aromatic rings. The minimum Gasteiger partial charge on any atom is -0.392 e. The van der Waals surface area contributed by atoms with Crippen LogP contribution in [-0.4, -0.2) is 47.3 Å². The van der Waals surface area contributed by atoms with Crippen molar-refractivity contribution in [1.29, 1.82) is 0 Å². The molecule has 4 atom stereocenters. The van der Waals surface area contributed by atoms with Gasteiger partial charge >= 0.3 is 0 Å². The smallest absolute Gasteiger partial charge is 0.245 e. The molecule has 1 amide bonds. The molecule has 0 saturated carbocycles. The number of aryl methyl sites for hydroxylation is 1. The number of carbonyl (C=O) groups excluding carboxylic acids is 2. The lowest BCUT2D eigenvalue weighted by molar-refractivity contribution is -0.167. The van der Waals surface area contributed by atoms with E-state index in [4.69, 9.17) is 4.53 Å². The minimum absolute atomic E-state index is 0.00929. The van der Waals surface area contributed by atoms with Gasteiger partial charge in [0.05, 0.1) is 22.8 Å². The Bertz CT molecular complexity index is 1070. The van der Waals surface area contributed by atoms with Crippen molar-refractivity contribution in [3.05, 3.63) is 33.8 Å². The summed E-state index contributed by atoms with van der Waals surface area (Å²) in [5, 5.41) is 15.5. The number of nitrogens with zero attached hydrogens (tertiary/aromatic N) is 2. The molecule has 4 unspecified atom stereocenters. The first kappa shape index (κ1) is 34.6. The van der Waals surface area contributed by atoms with Gasteiger partial charge in [0.15, 0.2) is 0 Å². The number of allylic oxidation sites excluding steroid dienone is 1. The van der Waals surface area contributed by atoms with Gasteiger partial charge in [0.2, 0.25) is 14.2 Å². The van der Waals surface area contributed by atoms with E-state index in [0.29, 0.717) is 12.8 Å². The summed E-state index contributed by atoms with van der Waals surface area (Å²) in [5.41, 5.74) is 1.17. The van der Waals surface area contributed by atoms with Crippen LogP contribution in [0.4, 0.5) is 0 Å². The van der Waals surface area contributed by atoms with Crippen molar-refractivity contribution in [2.45, 2.75) is 131 Å². The van der Waals surface area contributed by atoms with E-state index in [1.807, 2.05) is 40.0 Å². The lowest BCUT2D eigenvalue weighted by Gasteiger charge is -2.43. The van der Waals surface area contributed by atoms with E-state index >= 15 is 0 Å². The fourth-order valence-corrected chi connectivity index (χ4v) is 6.47. The number of ketones is 1. The van der Waals surface area contributed by atoms with Crippen LogP contribution in [0.1, 0.15) is 105 Å². The lowest BCUT2D eigenvalue weighted by atomic mass is 9.74. The van der Waals surface area contributed by atoms with Gasteiger partial charge in [-0.3, -0.25) is 9.59 Å². The first-order chi connectivity index (χ1) is 18.4. The van der Waals surface area contributed by atoms with Gasteiger partial charge in [-0.2, -0.15) is 0 Å². The molecule has 0 fully saturated rings. The second-order valence-electron chi connectivity index (χ2n) is 13.9. The first-order valence-electron chi connectivity index (χ1n) is 14.9. The van der Waals surface area contributed by atoms with Gasteiger partial charge in [0, 0.05) is 23.1 Å². The molecule has 1 N–H and O–H groups in total. The topological polar surface area (TPSA) is 79.7 Å². The predicted molar refractivity (Wildman–Crippen MR) is 169 cm³/mol. The highest BCUT2D eigenvalue weighted by molar-refractivity contribution is 7.09. The molecular formula is C32H54N2O4SSi. The highest BCUT2D eigenvalue weighted by Crippen LogP contribution is 2.39. The Morgan fingerprint density at radius 2 is 1.88 bits per heavy atom. The van der Waals surface area contributed by atoms with Crippen LogP contribution >= 0.6 is 11.3 Å². The van der Waals surface area contributed by atoms with E-state index in [1.165, 1.54) is 0 Å². The summed E-state index contributed by atoms with van der Waals surface area (Å²) >= 11 is 1.61. The van der Waals surface area contributed by atoms with Crippen molar-refractivity contribution in [3.8, 4) is 0 Å². The molecule has 226 valence electrons. The van der Waals surface area contributed by atoms with Crippen LogP contribution in [0.2, 0.25) is 18.1 Å². The Balaban J connectivity index is 2.55. The highest BCUT2D eigenvalue weighted by atomic mass is 32.1. The van der Waals surface area contributed by atoms with Gasteiger partial charge in [-0.1, -0.05) is 60.6 Å². The molecule has 0 saturated heterocycles. The third kappa shape index (κ3) is 9.20. The van der Waals surface area contributed by atoms with Crippen molar-refractivity contribution in [2.75, 3.05) is 0 Å². The number of carbonyl (C=O) groups is 2. The van der Waals surface area contributed by atoms with Crippen LogP contribution in [0.5, 0.6) is 0 Å². The molecule has 1 aromatic heterocycles. The third-order valence-corrected chi connectivity index (χ3v) is 14.0. The summed E-state index contributed by atoms with van der Waals surface area (Å²) in [6.45, 7) is 22.5. The van der Waals surface area contributed by atoms with Crippen LogP contribution in [0.15, 0.2) is 23.1 Å². The van der Waals surface area contributed by atoms with Crippen molar-refractivity contribution in [3.63, 3.8) is 0 Å². The van der Waals surface area contributed by atoms with E-state index in [2.05, 4.69) is 64.0 Å². The number of hydrogen-bond acceptors (Lipinski definition) is 6. The Morgan fingerprint density at radius 3 is 2.45 bits per heavy atom. The van der Waals surface area contributed by atoms with Gasteiger partial charge in [-0.15, -0.1) is 11.3 Å². The molecule has 1 aliphatic heterocycles. The number of hydroxylamine groups is 2. The number of Topliss-reactive ketones (excluding diaryl/α,β-unsaturated/α-hetero) is 1. The molecule has 1 aliphatic rings. The summed E-state index contributed by atoms with van der Waals surface area (Å²) in [4.78, 5) is 32.2. The summed E-state index contributed by atoms with van der Waals surface area (Å²) in [6, 6.07) is -0.286. The molecular weight excluding hydrogens is 537 g/mol. The molecule has 0 bridgehead atoms. The Kier molecular flexibility index (Phi) is 12.1. The molecule has 0 spiro atoms. The Morgan fingerprint density at radius 1 is 1.23 bits per heavy atom. The molecule has 0 aliphatic carbocycles. The Labute approximate surface area is 248 Å². The number of aliphatic hydroxyl groups is 1. The van der Waals surface area contributed by atoms with Crippen LogP contribution in [0, 0.1) is 24.2 Å². The highest BCUT2D eigenvalue weighted by Gasteiger charge is 2.43. The Hall–Kier alpha value is -1.61. The fraction of sp³-hybridized carbons (Fsp3) is 0.719. The van der Waals surface area contributed by atoms with E-state index in [-0.39, 0.29) is 35.1 Å². The van der Waals surface area contributed by atoms with Gasteiger partial charge in [0.1, 0.15) is 5.78 Å². The predicted octanol–water partition coefficient (Wildman–Crippen LogP) is 8.13. The average molecular weight is 591 g/mol. The molecule has 6 nitrogen and oxygen atoms in total. The third-order valence-electron chi connectivity index (χ3n) is 8.90. The summed E-state index contributed by atoms with van der Waals surface area (Å²) in [5.74, 6) is -0.553. The van der Waals surface area contributed by atoms with Gasteiger partial charge in [0.25, 0.3) is 0 Å². The second-order valence-corrected chi connectivity index (χ2v) is 19.7. The van der Waals surface area contributed by atoms with Crippen molar-refractivity contribution >= 4 is 37.4 Å². The second kappa shape index (κ2) is 14.0. The van der Waals surface area contributed by atoms with E-state index < -0.39 is 25.8 Å². The number of aliphatic hydroxyl groups excluding tert-OH is 1. The van der Waals surface area contributed by atoms with Crippen molar-refractivity contribution in [1.82, 2.24) is 10.0 Å². The quantitative estimate of drug-likeness (QED) is 0.283. The first-order valence-corrected chi connectivity index (χ1v) is 18.6.